The summed E-state index contributed by atoms with van der Waals surface area (Å²) in [5, 5.41) is 2.80. The van der Waals surface area contributed by atoms with Gasteiger partial charge in [-0.05, 0) is 48.0 Å². The molecule has 2 amide bonds. The number of methoxy groups -OCH3 is 1. The van der Waals surface area contributed by atoms with Gasteiger partial charge < -0.3 is 15.0 Å². The van der Waals surface area contributed by atoms with E-state index in [-0.39, 0.29) is 24.2 Å². The van der Waals surface area contributed by atoms with Crippen molar-refractivity contribution in [2.75, 3.05) is 25.2 Å². The SMILES string of the molecule is COCCNC(=O)c1ccc2c(c1)N(Cc1cccc(F)c1)C(=O)c1ccccc1S2. The van der Waals surface area contributed by atoms with Crippen LogP contribution in [0.3, 0.4) is 0 Å². The molecule has 0 bridgehead atoms. The van der Waals surface area contributed by atoms with E-state index in [1.54, 1.807) is 42.3 Å². The molecule has 158 valence electrons. The third kappa shape index (κ3) is 4.62. The van der Waals surface area contributed by atoms with E-state index in [2.05, 4.69) is 5.32 Å². The largest absolute Gasteiger partial charge is 0.383 e. The zero-order valence-electron chi connectivity index (χ0n) is 16.9. The number of carbonyl (C=O) groups is 2. The van der Waals surface area contributed by atoms with E-state index in [0.29, 0.717) is 35.5 Å². The van der Waals surface area contributed by atoms with Gasteiger partial charge >= 0.3 is 0 Å². The van der Waals surface area contributed by atoms with Crippen LogP contribution in [0.5, 0.6) is 0 Å². The first-order valence-corrected chi connectivity index (χ1v) is 10.6. The highest BCUT2D eigenvalue weighted by Gasteiger charge is 2.28. The second kappa shape index (κ2) is 9.32. The molecule has 1 aliphatic rings. The second-order valence-electron chi connectivity index (χ2n) is 7.05. The van der Waals surface area contributed by atoms with Crippen molar-refractivity contribution in [1.82, 2.24) is 5.32 Å². The Morgan fingerprint density at radius 2 is 1.90 bits per heavy atom. The standard InChI is InChI=1S/C24H21FN2O3S/c1-30-12-11-26-23(28)17-9-10-22-20(14-17)27(15-16-5-4-6-18(25)13-16)24(29)19-7-2-3-8-21(19)31-22/h2-10,13-14H,11-12,15H2,1H3,(H,26,28). The number of amides is 2. The highest BCUT2D eigenvalue weighted by atomic mass is 32.2. The first-order chi connectivity index (χ1) is 15.1. The lowest BCUT2D eigenvalue weighted by atomic mass is 10.1. The smallest absolute Gasteiger partial charge is 0.259 e. The lowest BCUT2D eigenvalue weighted by molar-refractivity contribution is 0.0934. The quantitative estimate of drug-likeness (QED) is 0.578. The fraction of sp³-hybridized carbons (Fsp3) is 0.167. The van der Waals surface area contributed by atoms with Crippen LogP contribution >= 0.6 is 11.8 Å². The molecule has 0 unspecified atom stereocenters. The molecule has 31 heavy (non-hydrogen) atoms. The van der Waals surface area contributed by atoms with Gasteiger partial charge in [0, 0.05) is 29.0 Å². The van der Waals surface area contributed by atoms with E-state index in [9.17, 15) is 14.0 Å². The van der Waals surface area contributed by atoms with Crippen LogP contribution in [0, 0.1) is 5.82 Å². The van der Waals surface area contributed by atoms with Crippen molar-refractivity contribution >= 4 is 29.3 Å². The Morgan fingerprint density at radius 3 is 2.71 bits per heavy atom. The van der Waals surface area contributed by atoms with Gasteiger partial charge in [0.05, 0.1) is 24.4 Å². The van der Waals surface area contributed by atoms with E-state index in [1.165, 1.54) is 23.9 Å². The average Bonchev–Trinajstić information content (AvgIpc) is 2.88. The normalized spacial score (nSPS) is 12.7. The third-order valence-corrected chi connectivity index (χ3v) is 6.06. The van der Waals surface area contributed by atoms with Gasteiger partial charge in [0.2, 0.25) is 0 Å². The maximum Gasteiger partial charge on any atom is 0.259 e. The predicted octanol–water partition coefficient (Wildman–Crippen LogP) is 4.51. The Kier molecular flexibility index (Phi) is 6.34. The van der Waals surface area contributed by atoms with Gasteiger partial charge in [-0.3, -0.25) is 9.59 Å². The molecule has 1 heterocycles. The summed E-state index contributed by atoms with van der Waals surface area (Å²) in [5.41, 5.74) is 2.30. The van der Waals surface area contributed by atoms with Gasteiger partial charge in [0.1, 0.15) is 5.82 Å². The molecule has 7 heteroatoms. The number of halogens is 1. The Labute approximate surface area is 184 Å². The topological polar surface area (TPSA) is 58.6 Å². The van der Waals surface area contributed by atoms with E-state index in [1.807, 2.05) is 24.3 Å². The molecule has 0 aromatic heterocycles. The number of hydrogen-bond donors (Lipinski definition) is 1. The summed E-state index contributed by atoms with van der Waals surface area (Å²) < 4.78 is 18.8. The minimum absolute atomic E-state index is 0.188. The molecule has 0 atom stereocenters. The first kappa shape index (κ1) is 21.1. The van der Waals surface area contributed by atoms with Gasteiger partial charge in [-0.1, -0.05) is 36.0 Å². The molecule has 1 N–H and O–H groups in total. The van der Waals surface area contributed by atoms with E-state index >= 15 is 0 Å². The first-order valence-electron chi connectivity index (χ1n) is 9.81. The second-order valence-corrected chi connectivity index (χ2v) is 8.13. The van der Waals surface area contributed by atoms with Gasteiger partial charge in [0.25, 0.3) is 11.8 Å². The van der Waals surface area contributed by atoms with Crippen LogP contribution < -0.4 is 10.2 Å². The molecule has 5 nitrogen and oxygen atoms in total. The molecule has 0 aliphatic carbocycles. The monoisotopic (exact) mass is 436 g/mol. The fourth-order valence-corrected chi connectivity index (χ4v) is 4.46. The number of anilines is 1. The van der Waals surface area contributed by atoms with Crippen molar-refractivity contribution in [2.24, 2.45) is 0 Å². The van der Waals surface area contributed by atoms with Crippen LogP contribution in [0.15, 0.2) is 76.5 Å². The highest BCUT2D eigenvalue weighted by Crippen LogP contribution is 2.42. The molecular formula is C24H21FN2O3S. The number of ether oxygens (including phenoxy) is 1. The summed E-state index contributed by atoms with van der Waals surface area (Å²) in [6, 6.07) is 18.9. The number of hydrogen-bond acceptors (Lipinski definition) is 4. The number of nitrogens with one attached hydrogen (secondary N) is 1. The molecule has 0 saturated heterocycles. The summed E-state index contributed by atoms with van der Waals surface area (Å²) >= 11 is 1.48. The number of fused-ring (bicyclic) bond motifs is 2. The van der Waals surface area contributed by atoms with Crippen molar-refractivity contribution in [3.05, 3.63) is 89.2 Å². The van der Waals surface area contributed by atoms with Gasteiger partial charge in [-0.2, -0.15) is 0 Å². The lowest BCUT2D eigenvalue weighted by Gasteiger charge is -2.24. The molecule has 0 fully saturated rings. The number of rotatable bonds is 6. The zero-order chi connectivity index (χ0) is 21.8. The van der Waals surface area contributed by atoms with Crippen molar-refractivity contribution in [3.8, 4) is 0 Å². The highest BCUT2D eigenvalue weighted by molar-refractivity contribution is 7.99. The third-order valence-electron chi connectivity index (χ3n) is 4.92. The van der Waals surface area contributed by atoms with Gasteiger partial charge in [-0.15, -0.1) is 0 Å². The van der Waals surface area contributed by atoms with Crippen molar-refractivity contribution in [3.63, 3.8) is 0 Å². The summed E-state index contributed by atoms with van der Waals surface area (Å²) in [7, 11) is 1.57. The minimum Gasteiger partial charge on any atom is -0.383 e. The van der Waals surface area contributed by atoms with Crippen LogP contribution in [0.1, 0.15) is 26.3 Å². The van der Waals surface area contributed by atoms with Crippen LogP contribution in [-0.2, 0) is 11.3 Å². The van der Waals surface area contributed by atoms with Crippen LogP contribution in [-0.4, -0.2) is 32.1 Å². The maximum absolute atomic E-state index is 13.8. The summed E-state index contributed by atoms with van der Waals surface area (Å²) in [6.45, 7) is 0.984. The average molecular weight is 437 g/mol. The van der Waals surface area contributed by atoms with E-state index in [0.717, 1.165) is 9.79 Å². The molecule has 1 aliphatic heterocycles. The van der Waals surface area contributed by atoms with Crippen LogP contribution in [0.2, 0.25) is 0 Å². The van der Waals surface area contributed by atoms with E-state index < -0.39 is 0 Å². The molecule has 4 rings (SSSR count). The number of benzene rings is 3. The van der Waals surface area contributed by atoms with E-state index in [4.69, 9.17) is 4.74 Å². The maximum atomic E-state index is 13.8. The molecule has 0 saturated carbocycles. The van der Waals surface area contributed by atoms with Gasteiger partial charge in [-0.25, -0.2) is 4.39 Å². The molecule has 0 radical (unpaired) electrons. The van der Waals surface area contributed by atoms with Crippen molar-refractivity contribution < 1.29 is 18.7 Å². The van der Waals surface area contributed by atoms with Crippen LogP contribution in [0.4, 0.5) is 10.1 Å². The fourth-order valence-electron chi connectivity index (χ4n) is 3.40. The molecular weight excluding hydrogens is 415 g/mol. The minimum atomic E-state index is -0.360. The lowest BCUT2D eigenvalue weighted by Crippen LogP contribution is -2.31. The Morgan fingerprint density at radius 1 is 1.06 bits per heavy atom. The van der Waals surface area contributed by atoms with Crippen molar-refractivity contribution in [2.45, 2.75) is 16.3 Å². The van der Waals surface area contributed by atoms with Crippen molar-refractivity contribution in [1.29, 1.82) is 0 Å². The molecule has 3 aromatic rings. The number of nitrogens with zero attached hydrogens (tertiary/aromatic N) is 1. The zero-order valence-corrected chi connectivity index (χ0v) is 17.7. The summed E-state index contributed by atoms with van der Waals surface area (Å²) in [4.78, 5) is 29.4. The van der Waals surface area contributed by atoms with Gasteiger partial charge in [0.15, 0.2) is 0 Å². The molecule has 0 spiro atoms. The Hall–Kier alpha value is -3.16. The Bertz CT molecular complexity index is 1140. The predicted molar refractivity (Wildman–Crippen MR) is 118 cm³/mol. The summed E-state index contributed by atoms with van der Waals surface area (Å²) in [5.74, 6) is -0.797. The number of carbonyl (C=O) groups excluding carboxylic acids is 2. The van der Waals surface area contributed by atoms with Crippen LogP contribution in [0.25, 0.3) is 0 Å². The Balaban J connectivity index is 1.75. The summed E-state index contributed by atoms with van der Waals surface area (Å²) in [6.07, 6.45) is 0. The molecule has 3 aromatic carbocycles.